The van der Waals surface area contributed by atoms with E-state index in [2.05, 4.69) is 33.9 Å². The Morgan fingerprint density at radius 1 is 1.00 bits per heavy atom. The summed E-state index contributed by atoms with van der Waals surface area (Å²) in [4.78, 5) is 13.0. The van der Waals surface area contributed by atoms with Gasteiger partial charge in [-0.1, -0.05) is 63.2 Å². The lowest BCUT2D eigenvalue weighted by atomic mass is 9.93. The van der Waals surface area contributed by atoms with Crippen molar-refractivity contribution in [2.75, 3.05) is 27.1 Å². The van der Waals surface area contributed by atoms with Gasteiger partial charge in [-0.3, -0.25) is 0 Å². The van der Waals surface area contributed by atoms with Gasteiger partial charge in [0, 0.05) is 12.7 Å². The summed E-state index contributed by atoms with van der Waals surface area (Å²) >= 11 is 0. The normalized spacial score (nSPS) is 18.4. The van der Waals surface area contributed by atoms with Gasteiger partial charge in [0.25, 0.3) is 0 Å². The minimum absolute atomic E-state index is 0.0218. The van der Waals surface area contributed by atoms with Crippen molar-refractivity contribution in [3.05, 3.63) is 65.2 Å². The molecule has 0 unspecified atom stereocenters. The molecule has 0 saturated carbocycles. The highest BCUT2D eigenvalue weighted by Gasteiger charge is 2.50. The van der Waals surface area contributed by atoms with Crippen LogP contribution in [0.4, 0.5) is 0 Å². The first-order valence-electron chi connectivity index (χ1n) is 10.8. The van der Waals surface area contributed by atoms with Gasteiger partial charge in [-0.2, -0.15) is 0 Å². The van der Waals surface area contributed by atoms with Gasteiger partial charge in [0.15, 0.2) is 20.7 Å². The third kappa shape index (κ3) is 5.23. The third-order valence-corrected chi connectivity index (χ3v) is 10.7. The number of ether oxygens (including phenoxy) is 4. The minimum atomic E-state index is -2.10. The molecular weight excluding hydrogens is 424 g/mol. The second-order valence-electron chi connectivity index (χ2n) is 9.64. The molecule has 0 aliphatic carbocycles. The van der Waals surface area contributed by atoms with E-state index in [1.807, 2.05) is 42.5 Å². The molecule has 2 aromatic rings. The number of rotatable bonds is 10. The molecule has 1 aliphatic rings. The van der Waals surface area contributed by atoms with Crippen LogP contribution in [0.2, 0.25) is 18.1 Å². The van der Waals surface area contributed by atoms with E-state index in [9.17, 15) is 4.79 Å². The lowest BCUT2D eigenvalue weighted by Gasteiger charge is -2.39. The van der Waals surface area contributed by atoms with Gasteiger partial charge in [-0.25, -0.2) is 4.79 Å². The Morgan fingerprint density at radius 2 is 1.72 bits per heavy atom. The first-order valence-corrected chi connectivity index (χ1v) is 13.7. The molecule has 1 atom stereocenters. The minimum Gasteiger partial charge on any atom is -0.467 e. The van der Waals surface area contributed by atoms with Gasteiger partial charge in [0.05, 0.1) is 19.8 Å². The number of carbonyl (C=O) groups is 1. The Hall–Kier alpha value is -2.19. The van der Waals surface area contributed by atoms with Crippen LogP contribution in [0.15, 0.2) is 48.5 Å². The Balaban J connectivity index is 1.90. The Kier molecular flexibility index (Phi) is 7.45. The maximum Gasteiger partial charge on any atom is 0.343 e. The number of cyclic esters (lactones) is 1. The highest BCUT2D eigenvalue weighted by molar-refractivity contribution is 6.74. The molecule has 2 aromatic carbocycles. The molecule has 1 heterocycles. The average molecular weight is 459 g/mol. The summed E-state index contributed by atoms with van der Waals surface area (Å²) in [7, 11) is -0.561. The fourth-order valence-corrected chi connectivity index (χ4v) is 4.35. The summed E-state index contributed by atoms with van der Waals surface area (Å²) in [5, 5.41) is 0.0218. The standard InChI is InChI=1S/C25H34O6Si/c1-24(2,3)32(5,6)30-17-25(16-28-15-19-11-8-7-9-12-19)20-13-10-14-21(29-18-27-4)22(20)23(26)31-25/h7-14H,15-18H2,1-6H3/t25-/m1/s1. The highest BCUT2D eigenvalue weighted by Crippen LogP contribution is 2.44. The fourth-order valence-electron chi connectivity index (χ4n) is 3.33. The Bertz CT molecular complexity index is 922. The Labute approximate surface area is 191 Å². The molecule has 0 fully saturated rings. The second-order valence-corrected chi connectivity index (χ2v) is 14.5. The molecule has 3 rings (SSSR count). The number of carbonyl (C=O) groups excluding carboxylic acids is 1. The summed E-state index contributed by atoms with van der Waals surface area (Å²) < 4.78 is 29.3. The summed E-state index contributed by atoms with van der Waals surface area (Å²) in [5.41, 5.74) is 1.15. The molecule has 0 aromatic heterocycles. The van der Waals surface area contributed by atoms with E-state index < -0.39 is 19.9 Å². The van der Waals surface area contributed by atoms with E-state index in [-0.39, 0.29) is 25.0 Å². The van der Waals surface area contributed by atoms with Gasteiger partial charge in [0.1, 0.15) is 11.3 Å². The van der Waals surface area contributed by atoms with E-state index in [4.69, 9.17) is 23.4 Å². The van der Waals surface area contributed by atoms with E-state index in [0.717, 1.165) is 11.1 Å². The van der Waals surface area contributed by atoms with Crippen molar-refractivity contribution in [2.24, 2.45) is 0 Å². The summed E-state index contributed by atoms with van der Waals surface area (Å²) in [6.45, 7) is 11.8. The molecule has 0 amide bonds. The van der Waals surface area contributed by atoms with Crippen molar-refractivity contribution < 1.29 is 28.2 Å². The van der Waals surface area contributed by atoms with Crippen LogP contribution in [0.5, 0.6) is 5.75 Å². The Morgan fingerprint density at radius 3 is 2.38 bits per heavy atom. The van der Waals surface area contributed by atoms with Crippen molar-refractivity contribution >= 4 is 14.3 Å². The van der Waals surface area contributed by atoms with Crippen molar-refractivity contribution in [1.82, 2.24) is 0 Å². The van der Waals surface area contributed by atoms with E-state index in [1.54, 1.807) is 6.07 Å². The van der Waals surface area contributed by atoms with E-state index >= 15 is 0 Å². The molecule has 0 spiro atoms. The van der Waals surface area contributed by atoms with Crippen LogP contribution in [0.25, 0.3) is 0 Å². The lowest BCUT2D eigenvalue weighted by Crippen LogP contribution is -2.47. The second kappa shape index (κ2) is 9.75. The van der Waals surface area contributed by atoms with Crippen LogP contribution in [0.1, 0.15) is 42.3 Å². The molecule has 1 aliphatic heterocycles. The van der Waals surface area contributed by atoms with Crippen LogP contribution >= 0.6 is 0 Å². The molecule has 0 N–H and O–H groups in total. The number of methoxy groups -OCH3 is 1. The SMILES string of the molecule is COCOc1cccc2c1C(=O)O[C@]2(COCc1ccccc1)CO[Si](C)(C)C(C)(C)C. The summed E-state index contributed by atoms with van der Waals surface area (Å²) in [6.07, 6.45) is 0. The summed E-state index contributed by atoms with van der Waals surface area (Å²) in [5.74, 6) is 0.000423. The quantitative estimate of drug-likeness (QED) is 0.274. The van der Waals surface area contributed by atoms with Gasteiger partial charge < -0.3 is 23.4 Å². The molecule has 174 valence electrons. The number of esters is 1. The topological polar surface area (TPSA) is 63.2 Å². The molecular formula is C25H34O6Si. The maximum atomic E-state index is 13.0. The molecule has 0 bridgehead atoms. The van der Waals surface area contributed by atoms with Crippen molar-refractivity contribution in [2.45, 2.75) is 51.1 Å². The first-order chi connectivity index (χ1) is 15.1. The smallest absolute Gasteiger partial charge is 0.343 e. The highest BCUT2D eigenvalue weighted by atomic mass is 28.4. The zero-order chi connectivity index (χ0) is 23.4. The van der Waals surface area contributed by atoms with Gasteiger partial charge >= 0.3 is 5.97 Å². The number of benzene rings is 2. The number of hydrogen-bond donors (Lipinski definition) is 0. The van der Waals surface area contributed by atoms with Crippen molar-refractivity contribution in [3.8, 4) is 5.75 Å². The monoisotopic (exact) mass is 458 g/mol. The van der Waals surface area contributed by atoms with Gasteiger partial charge in [-0.15, -0.1) is 0 Å². The van der Waals surface area contributed by atoms with Crippen molar-refractivity contribution in [3.63, 3.8) is 0 Å². The van der Waals surface area contributed by atoms with Crippen LogP contribution in [-0.4, -0.2) is 41.4 Å². The van der Waals surface area contributed by atoms with Gasteiger partial charge in [-0.05, 0) is 29.8 Å². The molecule has 0 radical (unpaired) electrons. The first kappa shape index (κ1) is 24.4. The summed E-state index contributed by atoms with van der Waals surface area (Å²) in [6, 6.07) is 15.4. The zero-order valence-corrected chi connectivity index (χ0v) is 20.9. The lowest BCUT2D eigenvalue weighted by molar-refractivity contribution is -0.0871. The maximum absolute atomic E-state index is 13.0. The average Bonchev–Trinajstić information content (AvgIpc) is 3.03. The molecule has 7 heteroatoms. The van der Waals surface area contributed by atoms with Crippen molar-refractivity contribution in [1.29, 1.82) is 0 Å². The molecule has 32 heavy (non-hydrogen) atoms. The number of hydrogen-bond acceptors (Lipinski definition) is 6. The van der Waals surface area contributed by atoms with Gasteiger partial charge in [0.2, 0.25) is 0 Å². The predicted octanol–water partition coefficient (Wildman–Crippen LogP) is 5.27. The van der Waals surface area contributed by atoms with Crippen LogP contribution in [0.3, 0.4) is 0 Å². The number of fused-ring (bicyclic) bond motifs is 1. The van der Waals surface area contributed by atoms with Crippen LogP contribution in [0, 0.1) is 0 Å². The van der Waals surface area contributed by atoms with E-state index in [1.165, 1.54) is 7.11 Å². The largest absolute Gasteiger partial charge is 0.467 e. The van der Waals surface area contributed by atoms with Crippen LogP contribution in [-0.2, 0) is 30.8 Å². The molecule has 6 nitrogen and oxygen atoms in total. The predicted molar refractivity (Wildman–Crippen MR) is 125 cm³/mol. The fraction of sp³-hybridized carbons (Fsp3) is 0.480. The molecule has 0 saturated heterocycles. The van der Waals surface area contributed by atoms with Crippen LogP contribution < -0.4 is 4.74 Å². The zero-order valence-electron chi connectivity index (χ0n) is 19.9. The third-order valence-electron chi connectivity index (χ3n) is 6.26. The van der Waals surface area contributed by atoms with E-state index in [0.29, 0.717) is 17.9 Å².